The van der Waals surface area contributed by atoms with E-state index in [2.05, 4.69) is 5.32 Å². The predicted molar refractivity (Wildman–Crippen MR) is 99.7 cm³/mol. The maximum atomic E-state index is 12.8. The largest absolute Gasteiger partial charge is 0.352 e. The molecule has 1 aliphatic rings. The van der Waals surface area contributed by atoms with E-state index in [-0.39, 0.29) is 17.7 Å². The van der Waals surface area contributed by atoms with Gasteiger partial charge in [-0.2, -0.15) is 0 Å². The van der Waals surface area contributed by atoms with Crippen molar-refractivity contribution in [3.63, 3.8) is 0 Å². The van der Waals surface area contributed by atoms with Gasteiger partial charge in [-0.3, -0.25) is 9.59 Å². The maximum Gasteiger partial charge on any atom is 0.230 e. The Morgan fingerprint density at radius 1 is 1.16 bits per heavy atom. The van der Waals surface area contributed by atoms with Gasteiger partial charge in [0, 0.05) is 32.1 Å². The molecule has 2 amide bonds. The molecule has 0 aromatic heterocycles. The van der Waals surface area contributed by atoms with E-state index in [1.165, 1.54) is 0 Å². The van der Waals surface area contributed by atoms with Crippen LogP contribution in [0.3, 0.4) is 0 Å². The Hall–Kier alpha value is -1.88. The SMILES string of the molecule is CCC(CC)(CN)C(=O)N1CCC(C(=O)NCc2ccccc2)CC1. The van der Waals surface area contributed by atoms with E-state index in [1.807, 2.05) is 49.1 Å². The van der Waals surface area contributed by atoms with Gasteiger partial charge in [0.25, 0.3) is 0 Å². The average Bonchev–Trinajstić information content (AvgIpc) is 2.68. The van der Waals surface area contributed by atoms with Gasteiger partial charge in [0.05, 0.1) is 5.41 Å². The number of piperidine rings is 1. The Morgan fingerprint density at radius 2 is 1.76 bits per heavy atom. The molecule has 0 radical (unpaired) electrons. The lowest BCUT2D eigenvalue weighted by molar-refractivity contribution is -0.145. The Kier molecular flexibility index (Phi) is 7.00. The second-order valence-electron chi connectivity index (χ2n) is 6.96. The van der Waals surface area contributed by atoms with Crippen LogP contribution in [0.1, 0.15) is 45.1 Å². The van der Waals surface area contributed by atoms with Crippen molar-refractivity contribution < 1.29 is 9.59 Å². The zero-order valence-electron chi connectivity index (χ0n) is 15.5. The van der Waals surface area contributed by atoms with Gasteiger partial charge in [-0.15, -0.1) is 0 Å². The Morgan fingerprint density at radius 3 is 2.28 bits per heavy atom. The van der Waals surface area contributed by atoms with Crippen molar-refractivity contribution in [1.82, 2.24) is 10.2 Å². The number of likely N-dealkylation sites (tertiary alicyclic amines) is 1. The van der Waals surface area contributed by atoms with Gasteiger partial charge < -0.3 is 16.0 Å². The number of nitrogens with zero attached hydrogens (tertiary/aromatic N) is 1. The number of amides is 2. The molecule has 1 aromatic carbocycles. The maximum absolute atomic E-state index is 12.8. The number of nitrogens with two attached hydrogens (primary N) is 1. The van der Waals surface area contributed by atoms with E-state index < -0.39 is 5.41 Å². The summed E-state index contributed by atoms with van der Waals surface area (Å²) in [6.45, 7) is 6.28. The van der Waals surface area contributed by atoms with Crippen LogP contribution in [0.5, 0.6) is 0 Å². The van der Waals surface area contributed by atoms with Gasteiger partial charge in [-0.25, -0.2) is 0 Å². The third kappa shape index (κ3) is 4.60. The minimum atomic E-state index is -0.442. The lowest BCUT2D eigenvalue weighted by atomic mass is 9.80. The van der Waals surface area contributed by atoms with Crippen molar-refractivity contribution in [3.8, 4) is 0 Å². The molecule has 1 saturated heterocycles. The van der Waals surface area contributed by atoms with Gasteiger partial charge in [0.15, 0.2) is 0 Å². The van der Waals surface area contributed by atoms with Crippen LogP contribution in [-0.4, -0.2) is 36.3 Å². The summed E-state index contributed by atoms with van der Waals surface area (Å²) < 4.78 is 0. The van der Waals surface area contributed by atoms with Crippen molar-refractivity contribution in [1.29, 1.82) is 0 Å². The molecule has 25 heavy (non-hydrogen) atoms. The Labute approximate surface area is 151 Å². The van der Waals surface area contributed by atoms with Crippen LogP contribution in [0, 0.1) is 11.3 Å². The zero-order valence-corrected chi connectivity index (χ0v) is 15.5. The van der Waals surface area contributed by atoms with Crippen LogP contribution in [0.4, 0.5) is 0 Å². The first-order valence-corrected chi connectivity index (χ1v) is 9.37. The van der Waals surface area contributed by atoms with Crippen molar-refractivity contribution in [2.24, 2.45) is 17.1 Å². The fourth-order valence-electron chi connectivity index (χ4n) is 3.54. The summed E-state index contributed by atoms with van der Waals surface area (Å²) in [5, 5.41) is 3.01. The quantitative estimate of drug-likeness (QED) is 0.796. The molecule has 1 heterocycles. The smallest absolute Gasteiger partial charge is 0.230 e. The topological polar surface area (TPSA) is 75.4 Å². The summed E-state index contributed by atoms with van der Waals surface area (Å²) in [7, 11) is 0. The summed E-state index contributed by atoms with van der Waals surface area (Å²) in [4.78, 5) is 27.1. The number of nitrogens with one attached hydrogen (secondary N) is 1. The van der Waals surface area contributed by atoms with E-state index in [9.17, 15) is 9.59 Å². The summed E-state index contributed by atoms with van der Waals surface area (Å²) in [5.41, 5.74) is 6.55. The standard InChI is InChI=1S/C20H31N3O2/c1-3-20(4-2,15-21)19(25)23-12-10-17(11-13-23)18(24)22-14-16-8-6-5-7-9-16/h5-9,17H,3-4,10-15,21H2,1-2H3,(H,22,24). The van der Waals surface area contributed by atoms with Crippen LogP contribution in [-0.2, 0) is 16.1 Å². The highest BCUT2D eigenvalue weighted by molar-refractivity contribution is 5.84. The fraction of sp³-hybridized carbons (Fsp3) is 0.600. The summed E-state index contributed by atoms with van der Waals surface area (Å²) >= 11 is 0. The second kappa shape index (κ2) is 8.99. The first-order chi connectivity index (χ1) is 12.1. The second-order valence-corrected chi connectivity index (χ2v) is 6.96. The van der Waals surface area contributed by atoms with E-state index >= 15 is 0 Å². The fourth-order valence-corrected chi connectivity index (χ4v) is 3.54. The molecule has 138 valence electrons. The van der Waals surface area contributed by atoms with E-state index in [0.717, 1.165) is 31.2 Å². The third-order valence-electron chi connectivity index (χ3n) is 5.66. The van der Waals surface area contributed by atoms with Crippen molar-refractivity contribution in [3.05, 3.63) is 35.9 Å². The van der Waals surface area contributed by atoms with Crippen LogP contribution < -0.4 is 11.1 Å². The first kappa shape index (κ1) is 19.4. The summed E-state index contributed by atoms with van der Waals surface area (Å²) in [6.07, 6.45) is 2.97. The predicted octanol–water partition coefficient (Wildman–Crippen LogP) is 2.31. The molecule has 0 spiro atoms. The monoisotopic (exact) mass is 345 g/mol. The zero-order chi connectivity index (χ0) is 18.3. The molecule has 0 bridgehead atoms. The molecular weight excluding hydrogens is 314 g/mol. The molecule has 5 heteroatoms. The minimum absolute atomic E-state index is 0.0108. The number of hydrogen-bond donors (Lipinski definition) is 2. The molecule has 0 unspecified atom stereocenters. The number of carbonyl (C=O) groups excluding carboxylic acids is 2. The highest BCUT2D eigenvalue weighted by Gasteiger charge is 2.38. The summed E-state index contributed by atoms with van der Waals surface area (Å²) in [6, 6.07) is 9.91. The molecule has 1 fully saturated rings. The number of carbonyl (C=O) groups is 2. The lowest BCUT2D eigenvalue weighted by Gasteiger charge is -2.38. The minimum Gasteiger partial charge on any atom is -0.352 e. The molecule has 2 rings (SSSR count). The van der Waals surface area contributed by atoms with Crippen molar-refractivity contribution >= 4 is 11.8 Å². The molecule has 0 aliphatic carbocycles. The van der Waals surface area contributed by atoms with Gasteiger partial charge in [0.2, 0.25) is 11.8 Å². The Balaban J connectivity index is 1.84. The van der Waals surface area contributed by atoms with Gasteiger partial charge in [0.1, 0.15) is 0 Å². The van der Waals surface area contributed by atoms with Crippen LogP contribution >= 0.6 is 0 Å². The molecule has 0 saturated carbocycles. The van der Waals surface area contributed by atoms with E-state index in [0.29, 0.717) is 26.2 Å². The van der Waals surface area contributed by atoms with Gasteiger partial charge >= 0.3 is 0 Å². The molecule has 1 aliphatic heterocycles. The van der Waals surface area contributed by atoms with E-state index in [4.69, 9.17) is 5.73 Å². The normalized spacial score (nSPS) is 15.9. The lowest BCUT2D eigenvalue weighted by Crippen LogP contribution is -2.51. The third-order valence-corrected chi connectivity index (χ3v) is 5.66. The van der Waals surface area contributed by atoms with Crippen LogP contribution in [0.15, 0.2) is 30.3 Å². The number of benzene rings is 1. The van der Waals surface area contributed by atoms with Crippen LogP contribution in [0.2, 0.25) is 0 Å². The van der Waals surface area contributed by atoms with Gasteiger partial charge in [-0.05, 0) is 31.2 Å². The van der Waals surface area contributed by atoms with Gasteiger partial charge in [-0.1, -0.05) is 44.2 Å². The molecule has 1 aromatic rings. The van der Waals surface area contributed by atoms with Crippen molar-refractivity contribution in [2.45, 2.75) is 46.1 Å². The highest BCUT2D eigenvalue weighted by atomic mass is 16.2. The van der Waals surface area contributed by atoms with E-state index in [1.54, 1.807) is 0 Å². The Bertz CT molecular complexity index is 553. The molecule has 3 N–H and O–H groups in total. The number of hydrogen-bond acceptors (Lipinski definition) is 3. The number of rotatable bonds is 7. The summed E-state index contributed by atoms with van der Waals surface area (Å²) in [5.74, 6) is 0.235. The molecule has 0 atom stereocenters. The molecule has 5 nitrogen and oxygen atoms in total. The van der Waals surface area contributed by atoms with Crippen LogP contribution in [0.25, 0.3) is 0 Å². The molecular formula is C20H31N3O2. The highest BCUT2D eigenvalue weighted by Crippen LogP contribution is 2.30. The van der Waals surface area contributed by atoms with Crippen molar-refractivity contribution in [2.75, 3.05) is 19.6 Å². The first-order valence-electron chi connectivity index (χ1n) is 9.37. The average molecular weight is 345 g/mol.